The molecule has 0 aromatic heterocycles. The number of nitrogens with one attached hydrogen (secondary N) is 1. The summed E-state index contributed by atoms with van der Waals surface area (Å²) in [7, 11) is -1.96. The molecule has 1 fully saturated rings. The van der Waals surface area contributed by atoms with Crippen molar-refractivity contribution in [2.24, 2.45) is 0 Å². The first-order chi connectivity index (χ1) is 13.9. The molecular formula is C20H25ClIN3O4S. The fourth-order valence-electron chi connectivity index (χ4n) is 3.16. The lowest BCUT2D eigenvalue weighted by Crippen LogP contribution is -2.50. The van der Waals surface area contributed by atoms with Gasteiger partial charge in [0.25, 0.3) is 5.91 Å². The van der Waals surface area contributed by atoms with Crippen LogP contribution in [0.5, 0.6) is 5.75 Å². The van der Waals surface area contributed by atoms with Crippen molar-refractivity contribution in [1.29, 1.82) is 0 Å². The first-order valence-corrected chi connectivity index (χ1v) is 11.8. The van der Waals surface area contributed by atoms with Gasteiger partial charge in [0, 0.05) is 42.8 Å². The van der Waals surface area contributed by atoms with Crippen molar-refractivity contribution in [3.8, 4) is 5.75 Å². The SMILES string of the molecule is COc1ccc(S(=O)(=O)N2CCN(CCNC(=O)c3ccccc3I)CC2)cc1.Cl. The Morgan fingerprint density at radius 3 is 2.30 bits per heavy atom. The Balaban J connectivity index is 0.00000320. The lowest BCUT2D eigenvalue weighted by atomic mass is 10.2. The van der Waals surface area contributed by atoms with Gasteiger partial charge >= 0.3 is 0 Å². The third kappa shape index (κ3) is 6.07. The van der Waals surface area contributed by atoms with Gasteiger partial charge in [0.2, 0.25) is 10.0 Å². The quantitative estimate of drug-likeness (QED) is 0.522. The molecule has 0 bridgehead atoms. The predicted octanol–water partition coefficient (Wildman–Crippen LogP) is 2.46. The minimum atomic E-state index is -3.50. The van der Waals surface area contributed by atoms with E-state index in [1.54, 1.807) is 37.4 Å². The molecular weight excluding hydrogens is 541 g/mol. The summed E-state index contributed by atoms with van der Waals surface area (Å²) in [4.78, 5) is 14.7. The van der Waals surface area contributed by atoms with Crippen LogP contribution in [0.2, 0.25) is 0 Å². The Morgan fingerprint density at radius 1 is 1.07 bits per heavy atom. The van der Waals surface area contributed by atoms with E-state index in [0.717, 1.165) is 3.57 Å². The molecule has 0 spiro atoms. The molecule has 0 saturated carbocycles. The molecule has 164 valence electrons. The molecule has 0 aliphatic carbocycles. The lowest BCUT2D eigenvalue weighted by molar-refractivity contribution is 0.0944. The monoisotopic (exact) mass is 565 g/mol. The molecule has 1 aliphatic rings. The van der Waals surface area contributed by atoms with Gasteiger partial charge in [-0.1, -0.05) is 12.1 Å². The molecule has 2 aromatic rings. The number of ether oxygens (including phenoxy) is 1. The Hall–Kier alpha value is -1.40. The van der Waals surface area contributed by atoms with Gasteiger partial charge in [-0.3, -0.25) is 9.69 Å². The minimum Gasteiger partial charge on any atom is -0.497 e. The van der Waals surface area contributed by atoms with Crippen molar-refractivity contribution < 1.29 is 17.9 Å². The fourth-order valence-corrected chi connectivity index (χ4v) is 5.21. The van der Waals surface area contributed by atoms with Crippen molar-refractivity contribution in [3.63, 3.8) is 0 Å². The number of rotatable bonds is 7. The van der Waals surface area contributed by atoms with Crippen molar-refractivity contribution in [1.82, 2.24) is 14.5 Å². The van der Waals surface area contributed by atoms with Crippen LogP contribution >= 0.6 is 35.0 Å². The average molecular weight is 566 g/mol. The van der Waals surface area contributed by atoms with Crippen LogP contribution in [0.1, 0.15) is 10.4 Å². The van der Waals surface area contributed by atoms with Crippen LogP contribution in [0, 0.1) is 3.57 Å². The Kier molecular flexibility index (Phi) is 9.35. The molecule has 1 N–H and O–H groups in total. The second-order valence-electron chi connectivity index (χ2n) is 6.66. The molecule has 2 aromatic carbocycles. The van der Waals surface area contributed by atoms with E-state index in [2.05, 4.69) is 32.8 Å². The maximum absolute atomic E-state index is 12.8. The second kappa shape index (κ2) is 11.3. The van der Waals surface area contributed by atoms with E-state index in [4.69, 9.17) is 4.74 Å². The Labute approximate surface area is 197 Å². The maximum Gasteiger partial charge on any atom is 0.252 e. The minimum absolute atomic E-state index is 0. The lowest BCUT2D eigenvalue weighted by Gasteiger charge is -2.34. The van der Waals surface area contributed by atoms with Crippen molar-refractivity contribution >= 4 is 50.9 Å². The molecule has 0 unspecified atom stereocenters. The van der Waals surface area contributed by atoms with E-state index in [-0.39, 0.29) is 23.2 Å². The van der Waals surface area contributed by atoms with Gasteiger partial charge in [-0.2, -0.15) is 4.31 Å². The highest BCUT2D eigenvalue weighted by Crippen LogP contribution is 2.20. The molecule has 1 amide bonds. The van der Waals surface area contributed by atoms with Gasteiger partial charge in [-0.05, 0) is 59.0 Å². The molecule has 30 heavy (non-hydrogen) atoms. The molecule has 1 saturated heterocycles. The van der Waals surface area contributed by atoms with E-state index in [1.807, 2.05) is 18.2 Å². The second-order valence-corrected chi connectivity index (χ2v) is 9.76. The molecule has 7 nitrogen and oxygen atoms in total. The largest absolute Gasteiger partial charge is 0.497 e. The van der Waals surface area contributed by atoms with Gasteiger partial charge in [-0.15, -0.1) is 12.4 Å². The first kappa shape index (κ1) is 24.9. The summed E-state index contributed by atoms with van der Waals surface area (Å²) < 4.78 is 33.1. The van der Waals surface area contributed by atoms with Crippen LogP contribution in [0.3, 0.4) is 0 Å². The number of halogens is 2. The van der Waals surface area contributed by atoms with Crippen LogP contribution in [0.15, 0.2) is 53.4 Å². The highest BCUT2D eigenvalue weighted by atomic mass is 127. The van der Waals surface area contributed by atoms with Crippen LogP contribution < -0.4 is 10.1 Å². The third-order valence-corrected chi connectivity index (χ3v) is 7.71. The third-order valence-electron chi connectivity index (χ3n) is 4.86. The summed E-state index contributed by atoms with van der Waals surface area (Å²) in [6.07, 6.45) is 0. The van der Waals surface area contributed by atoms with E-state index < -0.39 is 10.0 Å². The normalized spacial score (nSPS) is 15.3. The van der Waals surface area contributed by atoms with E-state index in [1.165, 1.54) is 4.31 Å². The van der Waals surface area contributed by atoms with Crippen molar-refractivity contribution in [3.05, 3.63) is 57.7 Å². The van der Waals surface area contributed by atoms with Gasteiger partial charge in [0.1, 0.15) is 5.75 Å². The summed E-state index contributed by atoms with van der Waals surface area (Å²) in [6, 6.07) is 13.9. The highest BCUT2D eigenvalue weighted by molar-refractivity contribution is 14.1. The average Bonchev–Trinajstić information content (AvgIpc) is 2.74. The van der Waals surface area contributed by atoms with Crippen LogP contribution in [-0.2, 0) is 10.0 Å². The number of nitrogens with zero attached hydrogens (tertiary/aromatic N) is 2. The van der Waals surface area contributed by atoms with Crippen LogP contribution in [0.25, 0.3) is 0 Å². The summed E-state index contributed by atoms with van der Waals surface area (Å²) in [5, 5.41) is 2.94. The number of hydrogen-bond donors (Lipinski definition) is 1. The molecule has 0 radical (unpaired) electrons. The zero-order chi connectivity index (χ0) is 20.9. The number of hydrogen-bond acceptors (Lipinski definition) is 5. The number of sulfonamides is 1. The van der Waals surface area contributed by atoms with Crippen molar-refractivity contribution in [2.75, 3.05) is 46.4 Å². The zero-order valence-corrected chi connectivity index (χ0v) is 20.4. The van der Waals surface area contributed by atoms with E-state index in [0.29, 0.717) is 50.6 Å². The molecule has 1 heterocycles. The Morgan fingerprint density at radius 2 is 1.70 bits per heavy atom. The Bertz CT molecular complexity index is 949. The van der Waals surface area contributed by atoms with Crippen LogP contribution in [0.4, 0.5) is 0 Å². The topological polar surface area (TPSA) is 79.0 Å². The predicted molar refractivity (Wildman–Crippen MR) is 127 cm³/mol. The van der Waals surface area contributed by atoms with Gasteiger partial charge < -0.3 is 10.1 Å². The number of benzene rings is 2. The van der Waals surface area contributed by atoms with Crippen LogP contribution in [-0.4, -0.2) is 69.9 Å². The van der Waals surface area contributed by atoms with Gasteiger partial charge in [0.15, 0.2) is 0 Å². The van der Waals surface area contributed by atoms with Crippen molar-refractivity contribution in [2.45, 2.75) is 4.90 Å². The molecule has 0 atom stereocenters. The molecule has 3 rings (SSSR count). The fraction of sp³-hybridized carbons (Fsp3) is 0.350. The highest BCUT2D eigenvalue weighted by Gasteiger charge is 2.28. The summed E-state index contributed by atoms with van der Waals surface area (Å²) in [5.41, 5.74) is 0.670. The first-order valence-electron chi connectivity index (χ1n) is 9.31. The van der Waals surface area contributed by atoms with Gasteiger partial charge in [-0.25, -0.2) is 8.42 Å². The van der Waals surface area contributed by atoms with E-state index >= 15 is 0 Å². The summed E-state index contributed by atoms with van der Waals surface area (Å²) in [5.74, 6) is 0.539. The number of amides is 1. The smallest absolute Gasteiger partial charge is 0.252 e. The zero-order valence-electron chi connectivity index (χ0n) is 16.6. The number of methoxy groups -OCH3 is 1. The standard InChI is InChI=1S/C20H24IN3O4S.ClH/c1-28-16-6-8-17(9-7-16)29(26,27)24-14-12-23(13-15-24)11-10-22-20(25)18-4-2-3-5-19(18)21;/h2-9H,10-15H2,1H3,(H,22,25);1H. The summed E-state index contributed by atoms with van der Waals surface area (Å²) in [6.45, 7) is 3.33. The molecule has 10 heteroatoms. The number of piperazine rings is 1. The number of carbonyl (C=O) groups is 1. The number of carbonyl (C=O) groups excluding carboxylic acids is 1. The van der Waals surface area contributed by atoms with Gasteiger partial charge in [0.05, 0.1) is 17.6 Å². The summed E-state index contributed by atoms with van der Waals surface area (Å²) >= 11 is 2.15. The van der Waals surface area contributed by atoms with E-state index in [9.17, 15) is 13.2 Å². The maximum atomic E-state index is 12.8. The molecule has 1 aliphatic heterocycles.